The number of carbonyl (C=O) groups is 4. The molecule has 42 heavy (non-hydrogen) atoms. The van der Waals surface area contributed by atoms with E-state index in [0.29, 0.717) is 36.4 Å². The first kappa shape index (κ1) is 33.0. The lowest BCUT2D eigenvalue weighted by Crippen LogP contribution is -2.43. The van der Waals surface area contributed by atoms with Crippen molar-refractivity contribution in [2.75, 3.05) is 27.3 Å². The molecule has 11 nitrogen and oxygen atoms in total. The Hall–Kier alpha value is -3.54. The molecule has 2 aliphatic heterocycles. The number of nitrogens with two attached hydrogens (primary N) is 1. The molecular formula is C31H43N3O8. The van der Waals surface area contributed by atoms with Crippen LogP contribution in [0.5, 0.6) is 0 Å². The van der Waals surface area contributed by atoms with Gasteiger partial charge in [-0.3, -0.25) is 14.4 Å². The van der Waals surface area contributed by atoms with E-state index in [2.05, 4.69) is 5.32 Å². The number of nitrogens with one attached hydrogen (secondary N) is 1. The van der Waals surface area contributed by atoms with E-state index in [1.54, 1.807) is 32.1 Å². The number of rotatable bonds is 4. The highest BCUT2D eigenvalue weighted by Gasteiger charge is 2.36. The first-order valence-corrected chi connectivity index (χ1v) is 14.2. The molecule has 3 rings (SSSR count). The summed E-state index contributed by atoms with van der Waals surface area (Å²) in [5.41, 5.74) is 6.88. The van der Waals surface area contributed by atoms with Crippen molar-refractivity contribution in [3.63, 3.8) is 0 Å². The molecular weight excluding hydrogens is 542 g/mol. The maximum absolute atomic E-state index is 13.7. The highest BCUT2D eigenvalue weighted by atomic mass is 16.6. The Morgan fingerprint density at radius 3 is 2.38 bits per heavy atom. The maximum Gasteiger partial charge on any atom is 0.405 e. The number of Topliss-reactive ketones (excluding diaryl/α,β-unsaturated/α-hetero) is 1. The number of allylic oxidation sites excluding steroid dienone is 4. The van der Waals surface area contributed by atoms with Gasteiger partial charge in [0.2, 0.25) is 11.6 Å². The van der Waals surface area contributed by atoms with Gasteiger partial charge in [-0.15, -0.1) is 0 Å². The number of ketones is 2. The number of nitrogens with zero attached hydrogens (tertiary/aromatic N) is 1. The van der Waals surface area contributed by atoms with Gasteiger partial charge in [-0.2, -0.15) is 0 Å². The normalized spacial score (nSPS) is 33.5. The number of aliphatic hydroxyl groups excluding tert-OH is 1. The van der Waals surface area contributed by atoms with Crippen LogP contribution in [0.2, 0.25) is 0 Å². The Balaban J connectivity index is 2.07. The highest BCUT2D eigenvalue weighted by molar-refractivity contribution is 6.23. The van der Waals surface area contributed by atoms with Gasteiger partial charge in [0.25, 0.3) is 5.91 Å². The van der Waals surface area contributed by atoms with Crippen molar-refractivity contribution >= 4 is 23.6 Å². The molecule has 11 heteroatoms. The van der Waals surface area contributed by atoms with Gasteiger partial charge in [-0.1, -0.05) is 38.2 Å². The summed E-state index contributed by atoms with van der Waals surface area (Å²) in [7, 11) is 2.95. The Labute approximate surface area is 247 Å². The predicted octanol–water partition coefficient (Wildman–Crippen LogP) is 2.47. The van der Waals surface area contributed by atoms with Gasteiger partial charge < -0.3 is 35.3 Å². The minimum absolute atomic E-state index is 0.0763. The number of ether oxygens (including phenoxy) is 3. The molecule has 4 N–H and O–H groups in total. The summed E-state index contributed by atoms with van der Waals surface area (Å²) in [6.45, 7) is 8.43. The molecule has 2 bridgehead atoms. The Kier molecular flexibility index (Phi) is 11.4. The van der Waals surface area contributed by atoms with Crippen LogP contribution in [-0.2, 0) is 28.6 Å². The van der Waals surface area contributed by atoms with E-state index in [1.165, 1.54) is 26.4 Å². The molecule has 0 aromatic rings. The fourth-order valence-corrected chi connectivity index (χ4v) is 5.46. The summed E-state index contributed by atoms with van der Waals surface area (Å²) in [6, 6.07) is 0. The van der Waals surface area contributed by atoms with E-state index in [1.807, 2.05) is 18.7 Å². The van der Waals surface area contributed by atoms with Crippen LogP contribution in [0, 0.1) is 11.8 Å². The minimum atomic E-state index is -0.991. The van der Waals surface area contributed by atoms with E-state index in [0.717, 1.165) is 6.42 Å². The molecule has 0 radical (unpaired) electrons. The maximum atomic E-state index is 13.7. The monoisotopic (exact) mass is 585 g/mol. The third-order valence-corrected chi connectivity index (χ3v) is 7.94. The van der Waals surface area contributed by atoms with E-state index in [4.69, 9.17) is 19.9 Å². The fraction of sp³-hybridized carbons (Fsp3) is 0.548. The zero-order chi connectivity index (χ0) is 31.1. The van der Waals surface area contributed by atoms with Crippen molar-refractivity contribution in [1.82, 2.24) is 10.2 Å². The molecule has 0 unspecified atom stereocenters. The largest absolute Gasteiger partial charge is 0.439 e. The average Bonchev–Trinajstić information content (AvgIpc) is 2.90. The van der Waals surface area contributed by atoms with Crippen LogP contribution >= 0.6 is 0 Å². The molecule has 0 aromatic heterocycles. The van der Waals surface area contributed by atoms with Gasteiger partial charge in [0.1, 0.15) is 6.10 Å². The lowest BCUT2D eigenvalue weighted by atomic mass is 9.84. The van der Waals surface area contributed by atoms with Gasteiger partial charge in [0.15, 0.2) is 6.10 Å². The third kappa shape index (κ3) is 7.84. The Morgan fingerprint density at radius 2 is 1.81 bits per heavy atom. The molecule has 1 aliphatic carbocycles. The van der Waals surface area contributed by atoms with Crippen molar-refractivity contribution in [2.24, 2.45) is 17.6 Å². The van der Waals surface area contributed by atoms with Gasteiger partial charge in [0, 0.05) is 50.4 Å². The molecule has 2 heterocycles. The van der Waals surface area contributed by atoms with E-state index >= 15 is 0 Å². The van der Waals surface area contributed by atoms with Gasteiger partial charge in [0.05, 0.1) is 23.6 Å². The smallest absolute Gasteiger partial charge is 0.405 e. The zero-order valence-electron chi connectivity index (χ0n) is 25.2. The van der Waals surface area contributed by atoms with Crippen molar-refractivity contribution in [3.8, 4) is 0 Å². The summed E-state index contributed by atoms with van der Waals surface area (Å²) >= 11 is 0. The lowest BCUT2D eigenvalue weighted by Gasteiger charge is -2.37. The molecule has 0 saturated carbocycles. The van der Waals surface area contributed by atoms with Crippen molar-refractivity contribution in [1.29, 1.82) is 0 Å². The number of carbonyl (C=O) groups excluding carboxylic acids is 4. The molecule has 1 saturated heterocycles. The number of hydrogen-bond acceptors (Lipinski definition) is 9. The molecule has 6 atom stereocenters. The minimum Gasteiger partial charge on any atom is -0.439 e. The standard InChI is InChI=1S/C31H43N3O8/c1-17-13-21-26(34-11-8-12-34)23(35)16-22(28(21)37)33-30(38)18(2)9-7-10-24(40-5)29(42-31(32)39)20(4)15-19(3)27(36)25(14-17)41-6/h7,9-10,15-17,19,24-25,27,29,36H,8,11-14H2,1-6H3,(H2,32,39)(H,33,38)/b10-7+,18-9-,20-15+/t17-,19+,24+,25+,27-,29+/m1/s1. The van der Waals surface area contributed by atoms with Crippen LogP contribution in [0.25, 0.3) is 0 Å². The zero-order valence-corrected chi connectivity index (χ0v) is 25.2. The van der Waals surface area contributed by atoms with E-state index in [-0.39, 0.29) is 29.4 Å². The number of aliphatic hydroxyl groups is 1. The van der Waals surface area contributed by atoms with Crippen LogP contribution in [0.4, 0.5) is 4.79 Å². The summed E-state index contributed by atoms with van der Waals surface area (Å²) < 4.78 is 16.6. The fourth-order valence-electron chi connectivity index (χ4n) is 5.46. The van der Waals surface area contributed by atoms with Crippen LogP contribution in [-0.4, -0.2) is 85.3 Å². The molecule has 230 valence electrons. The SMILES string of the molecule is CO[C@H]1/C=C/C=C(/C)C(=O)NC2=CC(=O)C(N3CCC3)=C(C[C@@H](C)C[C@H](OC)[C@H](O)[C@@H](C)/C=C(\C)[C@@H]1OC(N)=O)C2=O. The lowest BCUT2D eigenvalue weighted by molar-refractivity contribution is -0.120. The Morgan fingerprint density at radius 1 is 1.12 bits per heavy atom. The summed E-state index contributed by atoms with van der Waals surface area (Å²) in [6.07, 6.45) is 5.06. The first-order valence-electron chi connectivity index (χ1n) is 14.2. The summed E-state index contributed by atoms with van der Waals surface area (Å²) in [4.78, 5) is 53.5. The third-order valence-electron chi connectivity index (χ3n) is 7.94. The van der Waals surface area contributed by atoms with Gasteiger partial charge in [-0.05, 0) is 44.6 Å². The molecule has 2 amide bonds. The molecule has 0 spiro atoms. The summed E-state index contributed by atoms with van der Waals surface area (Å²) in [5.74, 6) is -1.84. The number of likely N-dealkylation sites (tertiary alicyclic amines) is 1. The summed E-state index contributed by atoms with van der Waals surface area (Å²) in [5, 5.41) is 13.9. The second kappa shape index (κ2) is 14.6. The topological polar surface area (TPSA) is 157 Å². The van der Waals surface area contributed by atoms with Crippen molar-refractivity contribution in [3.05, 3.63) is 58.5 Å². The predicted molar refractivity (Wildman–Crippen MR) is 156 cm³/mol. The average molecular weight is 586 g/mol. The van der Waals surface area contributed by atoms with Crippen LogP contribution < -0.4 is 11.1 Å². The Bertz CT molecular complexity index is 1230. The number of methoxy groups -OCH3 is 2. The van der Waals surface area contributed by atoms with Gasteiger partial charge in [-0.25, -0.2) is 4.79 Å². The van der Waals surface area contributed by atoms with E-state index < -0.39 is 48.1 Å². The number of primary amides is 1. The first-order chi connectivity index (χ1) is 19.9. The van der Waals surface area contributed by atoms with Gasteiger partial charge >= 0.3 is 6.09 Å². The number of fused-ring (bicyclic) bond motifs is 2. The van der Waals surface area contributed by atoms with E-state index in [9.17, 15) is 24.3 Å². The second-order valence-electron chi connectivity index (χ2n) is 11.2. The number of amides is 2. The molecule has 3 aliphatic rings. The van der Waals surface area contributed by atoms with Crippen molar-refractivity contribution < 1.29 is 38.5 Å². The van der Waals surface area contributed by atoms with Crippen LogP contribution in [0.3, 0.4) is 0 Å². The quantitative estimate of drug-likeness (QED) is 0.333. The van der Waals surface area contributed by atoms with Crippen LogP contribution in [0.1, 0.15) is 47.0 Å². The number of hydrogen-bond donors (Lipinski definition) is 3. The highest BCUT2D eigenvalue weighted by Crippen LogP contribution is 2.32. The molecule has 0 aromatic carbocycles. The molecule has 1 fully saturated rings. The van der Waals surface area contributed by atoms with Crippen LogP contribution in [0.15, 0.2) is 58.5 Å². The second-order valence-corrected chi connectivity index (χ2v) is 11.2. The van der Waals surface area contributed by atoms with Crippen molar-refractivity contribution in [2.45, 2.75) is 71.4 Å².